The molecule has 0 unspecified atom stereocenters. The number of anilines is 1. The molecule has 0 saturated carbocycles. The standard InChI is InChI=1S/C20H18ClN3O5S/c1-29-16(26)10-23-18(27)17-13-3-2-4-14(13)30-19(17)24(20(23)28)9-15(25)22-12-7-5-11(21)6-8-12/h5-8H,2-4,9-10H2,1H3,(H,22,25). The van der Waals surface area contributed by atoms with Gasteiger partial charge in [0.15, 0.2) is 0 Å². The lowest BCUT2D eigenvalue weighted by Crippen LogP contribution is -2.43. The van der Waals surface area contributed by atoms with E-state index in [4.69, 9.17) is 11.6 Å². The average Bonchev–Trinajstić information content (AvgIpc) is 3.31. The summed E-state index contributed by atoms with van der Waals surface area (Å²) in [5.41, 5.74) is 0.203. The summed E-state index contributed by atoms with van der Waals surface area (Å²) in [5.74, 6) is -1.14. The zero-order valence-electron chi connectivity index (χ0n) is 16.1. The third-order valence-electron chi connectivity index (χ3n) is 5.01. The van der Waals surface area contributed by atoms with Crippen LogP contribution in [0.15, 0.2) is 33.9 Å². The number of ether oxygens (including phenoxy) is 1. The van der Waals surface area contributed by atoms with E-state index >= 15 is 0 Å². The number of thiophene rings is 1. The van der Waals surface area contributed by atoms with Crippen LogP contribution in [0.4, 0.5) is 5.69 Å². The SMILES string of the molecule is COC(=O)Cn1c(=O)c2c3c(sc2n(CC(=O)Nc2ccc(Cl)cc2)c1=O)CCC3. The lowest BCUT2D eigenvalue weighted by atomic mass is 10.2. The number of halogens is 1. The second kappa shape index (κ2) is 8.08. The highest BCUT2D eigenvalue weighted by molar-refractivity contribution is 7.19. The number of nitrogens with zero attached hydrogens (tertiary/aromatic N) is 2. The number of rotatable bonds is 5. The first-order chi connectivity index (χ1) is 14.4. The Bertz CT molecular complexity index is 1270. The fraction of sp³-hybridized carbons (Fsp3) is 0.300. The smallest absolute Gasteiger partial charge is 0.333 e. The average molecular weight is 448 g/mol. The molecule has 1 amide bonds. The van der Waals surface area contributed by atoms with Crippen molar-refractivity contribution >= 4 is 50.7 Å². The van der Waals surface area contributed by atoms with Crippen molar-refractivity contribution in [1.29, 1.82) is 0 Å². The molecule has 2 heterocycles. The van der Waals surface area contributed by atoms with Crippen molar-refractivity contribution in [3.05, 3.63) is 60.6 Å². The van der Waals surface area contributed by atoms with E-state index in [1.54, 1.807) is 24.3 Å². The summed E-state index contributed by atoms with van der Waals surface area (Å²) < 4.78 is 6.73. The second-order valence-electron chi connectivity index (χ2n) is 6.93. The van der Waals surface area contributed by atoms with Gasteiger partial charge in [0.25, 0.3) is 5.56 Å². The highest BCUT2D eigenvalue weighted by atomic mass is 35.5. The third kappa shape index (κ3) is 3.66. The molecule has 0 atom stereocenters. The Kier molecular flexibility index (Phi) is 5.48. The summed E-state index contributed by atoms with van der Waals surface area (Å²) >= 11 is 7.22. The van der Waals surface area contributed by atoms with Crippen molar-refractivity contribution in [3.8, 4) is 0 Å². The molecule has 0 bridgehead atoms. The van der Waals surface area contributed by atoms with Crippen molar-refractivity contribution in [2.75, 3.05) is 12.4 Å². The molecule has 2 aromatic heterocycles. The molecule has 156 valence electrons. The molecule has 1 aliphatic carbocycles. The Morgan fingerprint density at radius 2 is 1.87 bits per heavy atom. The Morgan fingerprint density at radius 3 is 2.57 bits per heavy atom. The molecule has 4 rings (SSSR count). The third-order valence-corrected chi connectivity index (χ3v) is 6.58. The molecule has 10 heteroatoms. The van der Waals surface area contributed by atoms with Crippen LogP contribution >= 0.6 is 22.9 Å². The van der Waals surface area contributed by atoms with Crippen LogP contribution in [0.1, 0.15) is 16.9 Å². The van der Waals surface area contributed by atoms with Gasteiger partial charge in [-0.05, 0) is 49.1 Å². The minimum atomic E-state index is -0.718. The maximum absolute atomic E-state index is 13.0. The number of aryl methyl sites for hydroxylation is 2. The van der Waals surface area contributed by atoms with Crippen LogP contribution in [0.3, 0.4) is 0 Å². The predicted molar refractivity (Wildman–Crippen MR) is 114 cm³/mol. The molecule has 0 spiro atoms. The van der Waals surface area contributed by atoms with Crippen LogP contribution in [-0.2, 0) is 40.3 Å². The molecule has 1 aromatic carbocycles. The van der Waals surface area contributed by atoms with E-state index in [1.165, 1.54) is 23.0 Å². The van der Waals surface area contributed by atoms with Gasteiger partial charge in [-0.1, -0.05) is 11.6 Å². The minimum Gasteiger partial charge on any atom is -0.468 e. The van der Waals surface area contributed by atoms with Gasteiger partial charge in [0.1, 0.15) is 17.9 Å². The number of fused-ring (bicyclic) bond motifs is 3. The Morgan fingerprint density at radius 1 is 1.13 bits per heavy atom. The number of esters is 1. The molecule has 0 saturated heterocycles. The van der Waals surface area contributed by atoms with Crippen LogP contribution in [-0.4, -0.2) is 28.1 Å². The quantitative estimate of drug-likeness (QED) is 0.604. The van der Waals surface area contributed by atoms with Gasteiger partial charge >= 0.3 is 11.7 Å². The summed E-state index contributed by atoms with van der Waals surface area (Å²) in [6.07, 6.45) is 2.50. The number of nitrogens with one attached hydrogen (secondary N) is 1. The molecule has 0 radical (unpaired) electrons. The number of carbonyl (C=O) groups excluding carboxylic acids is 2. The van der Waals surface area contributed by atoms with Gasteiger partial charge in [0.2, 0.25) is 5.91 Å². The van der Waals surface area contributed by atoms with Gasteiger partial charge in [0.05, 0.1) is 12.5 Å². The summed E-state index contributed by atoms with van der Waals surface area (Å²) in [7, 11) is 1.19. The van der Waals surface area contributed by atoms with Gasteiger partial charge in [-0.15, -0.1) is 11.3 Å². The molecule has 1 N–H and O–H groups in total. The lowest BCUT2D eigenvalue weighted by molar-refractivity contribution is -0.141. The second-order valence-corrected chi connectivity index (χ2v) is 8.45. The van der Waals surface area contributed by atoms with E-state index < -0.39 is 29.7 Å². The van der Waals surface area contributed by atoms with Crippen LogP contribution in [0.5, 0.6) is 0 Å². The number of amides is 1. The predicted octanol–water partition coefficient (Wildman–Crippen LogP) is 2.18. The van der Waals surface area contributed by atoms with Crippen LogP contribution in [0.2, 0.25) is 5.02 Å². The highest BCUT2D eigenvalue weighted by Gasteiger charge is 2.26. The van der Waals surface area contributed by atoms with Gasteiger partial charge < -0.3 is 10.1 Å². The van der Waals surface area contributed by atoms with E-state index in [0.717, 1.165) is 34.3 Å². The molecule has 0 aliphatic heterocycles. The van der Waals surface area contributed by atoms with Gasteiger partial charge in [-0.2, -0.15) is 0 Å². The highest BCUT2D eigenvalue weighted by Crippen LogP contribution is 2.35. The number of hydrogen-bond acceptors (Lipinski definition) is 6. The fourth-order valence-electron chi connectivity index (χ4n) is 3.60. The van der Waals surface area contributed by atoms with Gasteiger partial charge in [-0.3, -0.25) is 19.0 Å². The summed E-state index contributed by atoms with van der Waals surface area (Å²) in [5, 5.41) is 3.66. The van der Waals surface area contributed by atoms with Crippen molar-refractivity contribution in [2.24, 2.45) is 0 Å². The largest absolute Gasteiger partial charge is 0.468 e. The zero-order valence-corrected chi connectivity index (χ0v) is 17.6. The van der Waals surface area contributed by atoms with Gasteiger partial charge in [0, 0.05) is 15.6 Å². The summed E-state index contributed by atoms with van der Waals surface area (Å²) in [4.78, 5) is 52.0. The Balaban J connectivity index is 1.79. The van der Waals surface area contributed by atoms with Crippen molar-refractivity contribution < 1.29 is 14.3 Å². The number of hydrogen-bond donors (Lipinski definition) is 1. The van der Waals surface area contributed by atoms with Crippen molar-refractivity contribution in [1.82, 2.24) is 9.13 Å². The van der Waals surface area contributed by atoms with Crippen LogP contribution < -0.4 is 16.6 Å². The summed E-state index contributed by atoms with van der Waals surface area (Å²) in [6, 6.07) is 6.58. The maximum atomic E-state index is 13.0. The zero-order chi connectivity index (χ0) is 21.4. The summed E-state index contributed by atoms with van der Waals surface area (Å²) in [6.45, 7) is -0.799. The van der Waals surface area contributed by atoms with Gasteiger partial charge in [-0.25, -0.2) is 9.36 Å². The molecule has 30 heavy (non-hydrogen) atoms. The number of benzene rings is 1. The first kappa shape index (κ1) is 20.4. The van der Waals surface area contributed by atoms with E-state index in [-0.39, 0.29) is 6.54 Å². The lowest BCUT2D eigenvalue weighted by Gasteiger charge is -2.12. The fourth-order valence-corrected chi connectivity index (χ4v) is 5.10. The first-order valence-electron chi connectivity index (χ1n) is 9.29. The number of carbonyl (C=O) groups is 2. The monoisotopic (exact) mass is 447 g/mol. The molecule has 8 nitrogen and oxygen atoms in total. The number of methoxy groups -OCH3 is 1. The molecule has 0 fully saturated rings. The Hall–Kier alpha value is -2.91. The normalized spacial score (nSPS) is 12.7. The maximum Gasteiger partial charge on any atom is 0.333 e. The molecule has 3 aromatic rings. The molecular weight excluding hydrogens is 430 g/mol. The molecule has 1 aliphatic rings. The van der Waals surface area contributed by atoms with E-state index in [0.29, 0.717) is 20.9 Å². The van der Waals surface area contributed by atoms with Crippen molar-refractivity contribution in [3.63, 3.8) is 0 Å². The minimum absolute atomic E-state index is 0.293. The van der Waals surface area contributed by atoms with E-state index in [1.807, 2.05) is 0 Å². The van der Waals surface area contributed by atoms with Crippen molar-refractivity contribution in [2.45, 2.75) is 32.4 Å². The van der Waals surface area contributed by atoms with Crippen LogP contribution in [0, 0.1) is 0 Å². The Labute approximate surface area is 179 Å². The van der Waals surface area contributed by atoms with E-state index in [9.17, 15) is 19.2 Å². The molecular formula is C20H18ClN3O5S. The van der Waals surface area contributed by atoms with Crippen LogP contribution in [0.25, 0.3) is 10.2 Å². The topological polar surface area (TPSA) is 99.4 Å². The first-order valence-corrected chi connectivity index (χ1v) is 10.5. The number of aromatic nitrogens is 2. The van der Waals surface area contributed by atoms with E-state index in [2.05, 4.69) is 10.1 Å².